The van der Waals surface area contributed by atoms with Gasteiger partial charge in [-0.2, -0.15) is 0 Å². The summed E-state index contributed by atoms with van der Waals surface area (Å²) in [5.41, 5.74) is 7.42. The summed E-state index contributed by atoms with van der Waals surface area (Å²) in [4.78, 5) is 20.6. The number of carboxylic acid groups (broad SMARTS) is 1. The molecule has 0 aromatic carbocycles. The summed E-state index contributed by atoms with van der Waals surface area (Å²) in [7, 11) is 0. The fourth-order valence-corrected chi connectivity index (χ4v) is 0.394. The maximum atomic E-state index is 10.4. The fourth-order valence-electron chi connectivity index (χ4n) is 0.394. The average Bonchev–Trinajstić information content (AvgIpc) is 1.85. The van der Waals surface area contributed by atoms with Crippen molar-refractivity contribution in [1.82, 2.24) is 0 Å². The molecular formula is C5H10N2O4. The Hall–Kier alpha value is -1.14. The zero-order valence-electron chi connectivity index (χ0n) is 5.94. The van der Waals surface area contributed by atoms with E-state index < -0.39 is 23.5 Å². The van der Waals surface area contributed by atoms with E-state index in [1.807, 2.05) is 0 Å². The van der Waals surface area contributed by atoms with Crippen LogP contribution in [0.2, 0.25) is 0 Å². The van der Waals surface area contributed by atoms with Crippen LogP contribution in [0.5, 0.6) is 0 Å². The summed E-state index contributed by atoms with van der Waals surface area (Å²) in [6, 6.07) is -1.69. The van der Waals surface area contributed by atoms with Crippen molar-refractivity contribution in [2.24, 2.45) is 11.5 Å². The number of nitrogens with two attached hydrogens (primary N) is 2. The Balaban J connectivity index is 4.55. The smallest absolute Gasteiger partial charge is 0.324 e. The molecule has 0 aromatic rings. The van der Waals surface area contributed by atoms with E-state index in [-0.39, 0.29) is 0 Å². The van der Waals surface area contributed by atoms with E-state index in [2.05, 4.69) is 5.73 Å². The van der Waals surface area contributed by atoms with Gasteiger partial charge in [0.1, 0.15) is 6.04 Å². The molecule has 0 heterocycles. The standard InChI is InChI=1S/C5H10N2O4/c1-5(11,4(7)10)2(6)3(8)9/h2,11H,6H2,1H3,(H2,7,10)(H,8,9)/t2-,5?/m1/s1. The van der Waals surface area contributed by atoms with E-state index in [9.17, 15) is 9.59 Å². The van der Waals surface area contributed by atoms with Crippen molar-refractivity contribution in [3.8, 4) is 0 Å². The van der Waals surface area contributed by atoms with Gasteiger partial charge in [-0.1, -0.05) is 0 Å². The number of hydrogen-bond acceptors (Lipinski definition) is 4. The van der Waals surface area contributed by atoms with Crippen molar-refractivity contribution < 1.29 is 19.8 Å². The van der Waals surface area contributed by atoms with E-state index in [1.165, 1.54) is 0 Å². The Morgan fingerprint density at radius 2 is 1.91 bits per heavy atom. The molecule has 0 aliphatic rings. The van der Waals surface area contributed by atoms with Gasteiger partial charge in [-0.25, -0.2) is 0 Å². The highest BCUT2D eigenvalue weighted by atomic mass is 16.4. The van der Waals surface area contributed by atoms with Crippen LogP contribution in [0.3, 0.4) is 0 Å². The van der Waals surface area contributed by atoms with Crippen LogP contribution in [0.4, 0.5) is 0 Å². The SMILES string of the molecule is CC(O)(C(N)=O)[C@H](N)C(=O)O. The minimum atomic E-state index is -2.20. The lowest BCUT2D eigenvalue weighted by Gasteiger charge is -2.22. The first kappa shape index (κ1) is 9.86. The summed E-state index contributed by atoms with van der Waals surface area (Å²) in [5.74, 6) is -2.64. The largest absolute Gasteiger partial charge is 0.480 e. The summed E-state index contributed by atoms with van der Waals surface area (Å²) in [5, 5.41) is 17.3. The first-order valence-electron chi connectivity index (χ1n) is 2.80. The van der Waals surface area contributed by atoms with Crippen LogP contribution in [0.15, 0.2) is 0 Å². The number of carbonyl (C=O) groups excluding carboxylic acids is 1. The Morgan fingerprint density at radius 1 is 1.55 bits per heavy atom. The Bertz CT molecular complexity index is 189. The van der Waals surface area contributed by atoms with Gasteiger partial charge in [0.2, 0.25) is 0 Å². The number of carboxylic acids is 1. The van der Waals surface area contributed by atoms with Crippen molar-refractivity contribution in [3.63, 3.8) is 0 Å². The van der Waals surface area contributed by atoms with Gasteiger partial charge in [-0.3, -0.25) is 9.59 Å². The number of aliphatic hydroxyl groups is 1. The van der Waals surface area contributed by atoms with E-state index >= 15 is 0 Å². The molecule has 0 radical (unpaired) electrons. The molecule has 6 nitrogen and oxygen atoms in total. The van der Waals surface area contributed by atoms with Gasteiger partial charge in [0.25, 0.3) is 5.91 Å². The molecule has 6 N–H and O–H groups in total. The van der Waals surface area contributed by atoms with Crippen LogP contribution in [0.1, 0.15) is 6.92 Å². The van der Waals surface area contributed by atoms with Gasteiger partial charge in [0, 0.05) is 0 Å². The molecule has 0 rings (SSSR count). The van der Waals surface area contributed by atoms with Crippen LogP contribution in [-0.4, -0.2) is 33.7 Å². The quantitative estimate of drug-likeness (QED) is 0.369. The van der Waals surface area contributed by atoms with Crippen molar-refractivity contribution in [1.29, 1.82) is 0 Å². The second-order valence-corrected chi connectivity index (χ2v) is 2.33. The highest BCUT2D eigenvalue weighted by Gasteiger charge is 2.39. The van der Waals surface area contributed by atoms with Crippen LogP contribution >= 0.6 is 0 Å². The maximum absolute atomic E-state index is 10.4. The van der Waals surface area contributed by atoms with Crippen molar-refractivity contribution in [3.05, 3.63) is 0 Å². The predicted octanol–water partition coefficient (Wildman–Crippen LogP) is -2.37. The lowest BCUT2D eigenvalue weighted by atomic mass is 9.97. The van der Waals surface area contributed by atoms with E-state index in [4.69, 9.17) is 15.9 Å². The Labute approximate surface area is 62.8 Å². The van der Waals surface area contributed by atoms with Crippen LogP contribution < -0.4 is 11.5 Å². The normalized spacial score (nSPS) is 18.5. The van der Waals surface area contributed by atoms with Gasteiger partial charge in [0.05, 0.1) is 0 Å². The number of rotatable bonds is 3. The molecule has 0 aromatic heterocycles. The number of carbonyl (C=O) groups is 2. The maximum Gasteiger partial charge on any atom is 0.324 e. The number of primary amides is 1. The van der Waals surface area contributed by atoms with E-state index in [0.29, 0.717) is 0 Å². The van der Waals surface area contributed by atoms with Crippen LogP contribution in [0.25, 0.3) is 0 Å². The molecule has 0 spiro atoms. The van der Waals surface area contributed by atoms with Gasteiger partial charge in [-0.05, 0) is 6.92 Å². The van der Waals surface area contributed by atoms with E-state index in [1.54, 1.807) is 0 Å². The molecule has 2 atom stereocenters. The topological polar surface area (TPSA) is 127 Å². The van der Waals surface area contributed by atoms with Crippen molar-refractivity contribution in [2.75, 3.05) is 0 Å². The summed E-state index contributed by atoms with van der Waals surface area (Å²) >= 11 is 0. The number of aliphatic carboxylic acids is 1. The number of hydrogen-bond donors (Lipinski definition) is 4. The third-order valence-corrected chi connectivity index (χ3v) is 1.37. The molecule has 0 aliphatic heterocycles. The zero-order valence-corrected chi connectivity index (χ0v) is 5.94. The van der Waals surface area contributed by atoms with Crippen molar-refractivity contribution in [2.45, 2.75) is 18.6 Å². The first-order chi connectivity index (χ1) is 4.80. The molecule has 6 heteroatoms. The van der Waals surface area contributed by atoms with E-state index in [0.717, 1.165) is 6.92 Å². The lowest BCUT2D eigenvalue weighted by Crippen LogP contribution is -2.58. The Morgan fingerprint density at radius 3 is 2.00 bits per heavy atom. The third-order valence-electron chi connectivity index (χ3n) is 1.37. The van der Waals surface area contributed by atoms with Crippen LogP contribution in [0, 0.1) is 0 Å². The molecule has 0 aliphatic carbocycles. The monoisotopic (exact) mass is 162 g/mol. The summed E-state index contributed by atoms with van der Waals surface area (Å²) in [6.45, 7) is 0.953. The molecule has 11 heavy (non-hydrogen) atoms. The van der Waals surface area contributed by atoms with Gasteiger partial charge < -0.3 is 21.7 Å². The fraction of sp³-hybridized carbons (Fsp3) is 0.600. The minimum absolute atomic E-state index is 0.953. The van der Waals surface area contributed by atoms with Gasteiger partial charge in [0.15, 0.2) is 5.60 Å². The summed E-state index contributed by atoms with van der Waals surface area (Å²) < 4.78 is 0. The molecular weight excluding hydrogens is 152 g/mol. The number of amides is 1. The average molecular weight is 162 g/mol. The molecule has 0 bridgehead atoms. The molecule has 1 unspecified atom stereocenters. The summed E-state index contributed by atoms with van der Waals surface area (Å²) in [6.07, 6.45) is 0. The van der Waals surface area contributed by atoms with Gasteiger partial charge in [-0.15, -0.1) is 0 Å². The molecule has 0 saturated carbocycles. The lowest BCUT2D eigenvalue weighted by molar-refractivity contribution is -0.152. The second kappa shape index (κ2) is 2.85. The third kappa shape index (κ3) is 1.89. The molecule has 0 saturated heterocycles. The highest BCUT2D eigenvalue weighted by molar-refractivity contribution is 5.90. The molecule has 64 valence electrons. The van der Waals surface area contributed by atoms with Gasteiger partial charge >= 0.3 is 5.97 Å². The van der Waals surface area contributed by atoms with Crippen molar-refractivity contribution >= 4 is 11.9 Å². The highest BCUT2D eigenvalue weighted by Crippen LogP contribution is 2.06. The Kier molecular flexibility index (Phi) is 2.55. The first-order valence-corrected chi connectivity index (χ1v) is 2.80. The predicted molar refractivity (Wildman–Crippen MR) is 35.4 cm³/mol. The second-order valence-electron chi connectivity index (χ2n) is 2.33. The zero-order chi connectivity index (χ0) is 9.23. The van der Waals surface area contributed by atoms with Crippen LogP contribution in [-0.2, 0) is 9.59 Å². The molecule has 0 fully saturated rings. The molecule has 1 amide bonds. The minimum Gasteiger partial charge on any atom is -0.480 e.